The van der Waals surface area contributed by atoms with E-state index < -0.39 is 0 Å². The number of aromatic nitrogens is 3. The van der Waals surface area contributed by atoms with E-state index in [-0.39, 0.29) is 6.10 Å². The molecule has 0 amide bonds. The van der Waals surface area contributed by atoms with Crippen molar-refractivity contribution >= 4 is 11.2 Å². The highest BCUT2D eigenvalue weighted by molar-refractivity contribution is 5.71. The summed E-state index contributed by atoms with van der Waals surface area (Å²) in [4.78, 5) is 13.6. The van der Waals surface area contributed by atoms with Crippen molar-refractivity contribution in [3.63, 3.8) is 0 Å². The van der Waals surface area contributed by atoms with Gasteiger partial charge in [0.15, 0.2) is 11.3 Å². The molecule has 0 saturated heterocycles. The van der Waals surface area contributed by atoms with Crippen LogP contribution in [0.5, 0.6) is 5.88 Å². The first-order chi connectivity index (χ1) is 16.1. The Hall–Kier alpha value is -3.75. The largest absolute Gasteiger partial charge is 0.473 e. The highest BCUT2D eigenvalue weighted by atomic mass is 16.5. The predicted octanol–water partition coefficient (Wildman–Crippen LogP) is 5.39. The third-order valence-corrected chi connectivity index (χ3v) is 5.16. The number of hydrogen-bond donors (Lipinski definition) is 0. The molecule has 0 aliphatic heterocycles. The van der Waals surface area contributed by atoms with Crippen LogP contribution >= 0.6 is 0 Å². The Kier molecular flexibility index (Phi) is 7.29. The van der Waals surface area contributed by atoms with Gasteiger partial charge in [-0.25, -0.2) is 15.0 Å². The fourth-order valence-corrected chi connectivity index (χ4v) is 3.51. The maximum atomic E-state index is 6.08. The first-order valence-corrected chi connectivity index (χ1v) is 11.1. The van der Waals surface area contributed by atoms with Crippen molar-refractivity contribution in [2.45, 2.75) is 26.4 Å². The normalized spacial score (nSPS) is 11.8. The summed E-state index contributed by atoms with van der Waals surface area (Å²) in [6.45, 7) is 4.72. The van der Waals surface area contributed by atoms with E-state index in [0.29, 0.717) is 35.3 Å². The second-order valence-corrected chi connectivity index (χ2v) is 8.21. The molecule has 0 spiro atoms. The van der Waals surface area contributed by atoms with Crippen LogP contribution in [-0.4, -0.2) is 28.7 Å². The minimum atomic E-state index is -0.230. The number of pyridine rings is 1. The van der Waals surface area contributed by atoms with Crippen molar-refractivity contribution in [2.75, 3.05) is 13.7 Å². The molecule has 0 fully saturated rings. The van der Waals surface area contributed by atoms with Crippen LogP contribution in [0, 0.1) is 17.8 Å². The van der Waals surface area contributed by atoms with Gasteiger partial charge in [-0.3, -0.25) is 0 Å². The number of hydrogen-bond acceptors (Lipinski definition) is 5. The molecule has 5 heteroatoms. The van der Waals surface area contributed by atoms with Crippen LogP contribution in [0.2, 0.25) is 0 Å². The molecular weight excluding hydrogens is 410 g/mol. The zero-order chi connectivity index (χ0) is 23.0. The second kappa shape index (κ2) is 10.7. The van der Waals surface area contributed by atoms with Gasteiger partial charge in [0.1, 0.15) is 18.2 Å². The molecule has 4 rings (SSSR count). The summed E-state index contributed by atoms with van der Waals surface area (Å²) in [6.07, 6.45) is 2.51. The first-order valence-electron chi connectivity index (χ1n) is 11.1. The molecule has 2 heterocycles. The van der Waals surface area contributed by atoms with Crippen LogP contribution in [-0.2, 0) is 11.2 Å². The van der Waals surface area contributed by atoms with Crippen LogP contribution in [0.3, 0.4) is 0 Å². The highest BCUT2D eigenvalue weighted by Gasteiger charge is 2.15. The number of methoxy groups -OCH3 is 1. The SMILES string of the molecule is CO[C@@H](COc1nc2cccnc2nc1C#Cc1ccc(CC(C)C)cc1)c1ccccc1. The summed E-state index contributed by atoms with van der Waals surface area (Å²) in [7, 11) is 1.67. The number of fused-ring (bicyclic) bond motifs is 1. The van der Waals surface area contributed by atoms with Crippen molar-refractivity contribution in [1.82, 2.24) is 15.0 Å². The maximum absolute atomic E-state index is 6.08. The Bertz CT molecular complexity index is 1260. The number of rotatable bonds is 7. The Morgan fingerprint density at radius 1 is 0.879 bits per heavy atom. The zero-order valence-corrected chi connectivity index (χ0v) is 19.2. The number of nitrogens with zero attached hydrogens (tertiary/aromatic N) is 3. The summed E-state index contributed by atoms with van der Waals surface area (Å²) in [5.41, 5.74) is 4.90. The molecule has 166 valence electrons. The van der Waals surface area contributed by atoms with Crippen molar-refractivity contribution < 1.29 is 9.47 Å². The van der Waals surface area contributed by atoms with E-state index in [0.717, 1.165) is 17.5 Å². The lowest BCUT2D eigenvalue weighted by atomic mass is 10.0. The van der Waals surface area contributed by atoms with Crippen molar-refractivity contribution in [3.05, 3.63) is 95.3 Å². The molecule has 1 atom stereocenters. The van der Waals surface area contributed by atoms with Crippen LogP contribution in [0.15, 0.2) is 72.9 Å². The third-order valence-electron chi connectivity index (χ3n) is 5.16. The fraction of sp³-hybridized carbons (Fsp3) is 0.250. The van der Waals surface area contributed by atoms with Gasteiger partial charge in [0.2, 0.25) is 5.88 Å². The third kappa shape index (κ3) is 5.94. The zero-order valence-electron chi connectivity index (χ0n) is 19.2. The summed E-state index contributed by atoms with van der Waals surface area (Å²) < 4.78 is 11.7. The van der Waals surface area contributed by atoms with Crippen LogP contribution in [0.25, 0.3) is 11.2 Å². The van der Waals surface area contributed by atoms with Gasteiger partial charge in [-0.2, -0.15) is 0 Å². The van der Waals surface area contributed by atoms with Crippen LogP contribution in [0.1, 0.15) is 42.3 Å². The molecule has 0 aliphatic rings. The summed E-state index contributed by atoms with van der Waals surface area (Å²) >= 11 is 0. The molecule has 5 nitrogen and oxygen atoms in total. The lowest BCUT2D eigenvalue weighted by Gasteiger charge is -2.16. The Morgan fingerprint density at radius 3 is 2.39 bits per heavy atom. The van der Waals surface area contributed by atoms with E-state index >= 15 is 0 Å². The molecule has 0 aliphatic carbocycles. The average Bonchev–Trinajstić information content (AvgIpc) is 2.84. The molecular formula is C28H27N3O2. The summed E-state index contributed by atoms with van der Waals surface area (Å²) in [5, 5.41) is 0. The monoisotopic (exact) mass is 437 g/mol. The van der Waals surface area contributed by atoms with Crippen molar-refractivity contribution in [2.24, 2.45) is 5.92 Å². The first kappa shape index (κ1) is 22.4. The minimum Gasteiger partial charge on any atom is -0.473 e. The maximum Gasteiger partial charge on any atom is 0.249 e. The van der Waals surface area contributed by atoms with Gasteiger partial charge in [-0.15, -0.1) is 0 Å². The fourth-order valence-electron chi connectivity index (χ4n) is 3.51. The van der Waals surface area contributed by atoms with E-state index in [1.807, 2.05) is 54.6 Å². The molecule has 2 aromatic heterocycles. The van der Waals surface area contributed by atoms with E-state index in [4.69, 9.17) is 9.47 Å². The van der Waals surface area contributed by atoms with E-state index in [9.17, 15) is 0 Å². The van der Waals surface area contributed by atoms with Crippen molar-refractivity contribution in [3.8, 4) is 17.7 Å². The van der Waals surface area contributed by atoms with Crippen LogP contribution in [0.4, 0.5) is 0 Å². The van der Waals surface area contributed by atoms with Gasteiger partial charge < -0.3 is 9.47 Å². The van der Waals surface area contributed by atoms with Gasteiger partial charge in [0.25, 0.3) is 0 Å². The number of benzene rings is 2. The Labute approximate surface area is 194 Å². The predicted molar refractivity (Wildman–Crippen MR) is 130 cm³/mol. The van der Waals surface area contributed by atoms with Crippen molar-refractivity contribution in [1.29, 1.82) is 0 Å². The summed E-state index contributed by atoms with van der Waals surface area (Å²) in [5.74, 6) is 7.31. The van der Waals surface area contributed by atoms with E-state index in [2.05, 4.69) is 52.8 Å². The molecule has 0 saturated carbocycles. The molecule has 2 aromatic carbocycles. The second-order valence-electron chi connectivity index (χ2n) is 8.21. The van der Waals surface area contributed by atoms with Gasteiger partial charge >= 0.3 is 0 Å². The molecule has 0 N–H and O–H groups in total. The average molecular weight is 438 g/mol. The van der Waals surface area contributed by atoms with E-state index in [1.165, 1.54) is 5.56 Å². The lowest BCUT2D eigenvalue weighted by Crippen LogP contribution is -2.14. The summed E-state index contributed by atoms with van der Waals surface area (Å²) in [6, 6.07) is 22.0. The molecule has 33 heavy (non-hydrogen) atoms. The number of ether oxygens (including phenoxy) is 2. The van der Waals surface area contributed by atoms with Gasteiger partial charge in [-0.05, 0) is 53.7 Å². The molecule has 4 aromatic rings. The van der Waals surface area contributed by atoms with Gasteiger partial charge in [0.05, 0.1) is 0 Å². The quantitative estimate of drug-likeness (QED) is 0.363. The standard InChI is InChI=1S/C28H27N3O2/c1-20(2)18-22-13-11-21(12-14-22)15-16-25-28(31-24-10-7-17-29-27(24)30-25)33-19-26(32-3)23-8-5-4-6-9-23/h4-14,17,20,26H,18-19H2,1-3H3/t26-/m0/s1. The molecule has 0 radical (unpaired) electrons. The molecule has 0 bridgehead atoms. The minimum absolute atomic E-state index is 0.230. The van der Waals surface area contributed by atoms with Gasteiger partial charge in [0, 0.05) is 18.9 Å². The smallest absolute Gasteiger partial charge is 0.249 e. The van der Waals surface area contributed by atoms with E-state index in [1.54, 1.807) is 13.3 Å². The van der Waals surface area contributed by atoms with Gasteiger partial charge in [-0.1, -0.05) is 62.2 Å². The Morgan fingerprint density at radius 2 is 1.67 bits per heavy atom. The lowest BCUT2D eigenvalue weighted by molar-refractivity contribution is 0.0558. The van der Waals surface area contributed by atoms with Crippen LogP contribution < -0.4 is 4.74 Å². The Balaban J connectivity index is 1.61. The highest BCUT2D eigenvalue weighted by Crippen LogP contribution is 2.21. The topological polar surface area (TPSA) is 57.1 Å². The molecule has 0 unspecified atom stereocenters.